The Labute approximate surface area is 181 Å². The zero-order chi connectivity index (χ0) is 22.7. The van der Waals surface area contributed by atoms with Crippen LogP contribution in [0.2, 0.25) is 0 Å². The van der Waals surface area contributed by atoms with E-state index in [1.54, 1.807) is 0 Å². The number of ether oxygens (including phenoxy) is 2. The topological polar surface area (TPSA) is 141 Å². The highest BCUT2D eigenvalue weighted by Gasteiger charge is 2.36. The molecule has 2 aliphatic heterocycles. The summed E-state index contributed by atoms with van der Waals surface area (Å²) in [6.07, 6.45) is -3.69. The van der Waals surface area contributed by atoms with Crippen LogP contribution in [-0.2, 0) is 15.7 Å². The van der Waals surface area contributed by atoms with Gasteiger partial charge in [0, 0.05) is 32.4 Å². The van der Waals surface area contributed by atoms with Gasteiger partial charge in [0.15, 0.2) is 17.6 Å². The van der Waals surface area contributed by atoms with Gasteiger partial charge in [-0.1, -0.05) is 0 Å². The summed E-state index contributed by atoms with van der Waals surface area (Å²) in [6, 6.07) is 0.766. The lowest BCUT2D eigenvalue weighted by Gasteiger charge is -2.30. The monoisotopic (exact) mass is 453 g/mol. The summed E-state index contributed by atoms with van der Waals surface area (Å²) in [5, 5.41) is 0. The fraction of sp³-hybridized carbons (Fsp3) is 0.500. The van der Waals surface area contributed by atoms with Gasteiger partial charge in [-0.2, -0.15) is 33.1 Å². The molecule has 0 spiro atoms. The van der Waals surface area contributed by atoms with Crippen molar-refractivity contribution in [1.82, 2.24) is 19.9 Å². The van der Waals surface area contributed by atoms with Crippen molar-refractivity contribution in [3.8, 4) is 11.4 Å². The normalized spacial score (nSPS) is 17.3. The number of hydrogen-bond donors (Lipinski definition) is 2. The van der Waals surface area contributed by atoms with Gasteiger partial charge in [-0.15, -0.1) is 0 Å². The van der Waals surface area contributed by atoms with E-state index in [-0.39, 0.29) is 29.1 Å². The Kier molecular flexibility index (Phi) is 6.23. The van der Waals surface area contributed by atoms with E-state index in [9.17, 15) is 13.2 Å². The standard InChI is InChI=1S/C18H22F3N9O2/c19-18(20,21)12-9-13(25-15(22)23)24-10-11(12)14-26-16(29-1-5-31-6-2-29)28-17(27-14)30-3-7-32-8-4-30/h9-10H,1-8H2,(H4,22,23,24,25). The summed E-state index contributed by atoms with van der Waals surface area (Å²) in [6.45, 7) is 3.93. The van der Waals surface area contributed by atoms with E-state index in [4.69, 9.17) is 20.9 Å². The zero-order valence-electron chi connectivity index (χ0n) is 17.0. The molecule has 11 nitrogen and oxygen atoms in total. The van der Waals surface area contributed by atoms with Crippen molar-refractivity contribution in [2.45, 2.75) is 6.18 Å². The third-order valence-corrected chi connectivity index (χ3v) is 4.88. The average Bonchev–Trinajstić information content (AvgIpc) is 2.79. The lowest BCUT2D eigenvalue weighted by molar-refractivity contribution is -0.137. The molecule has 0 aromatic carbocycles. The summed E-state index contributed by atoms with van der Waals surface area (Å²) in [5.41, 5.74) is 9.27. The van der Waals surface area contributed by atoms with Gasteiger partial charge >= 0.3 is 6.18 Å². The van der Waals surface area contributed by atoms with Crippen LogP contribution in [0, 0.1) is 0 Å². The smallest absolute Gasteiger partial charge is 0.378 e. The Hall–Kier alpha value is -3.26. The molecule has 172 valence electrons. The fourth-order valence-corrected chi connectivity index (χ4v) is 3.33. The van der Waals surface area contributed by atoms with Gasteiger partial charge in [-0.3, -0.25) is 0 Å². The van der Waals surface area contributed by atoms with Crippen molar-refractivity contribution in [2.24, 2.45) is 16.5 Å². The van der Waals surface area contributed by atoms with Crippen molar-refractivity contribution < 1.29 is 22.6 Å². The average molecular weight is 453 g/mol. The number of halogens is 3. The minimum absolute atomic E-state index is 0.140. The van der Waals surface area contributed by atoms with Gasteiger partial charge in [0.1, 0.15) is 0 Å². The van der Waals surface area contributed by atoms with E-state index in [1.807, 2.05) is 9.80 Å². The Morgan fingerprint density at radius 1 is 0.906 bits per heavy atom. The van der Waals surface area contributed by atoms with E-state index in [0.717, 1.165) is 12.3 Å². The molecule has 2 aromatic rings. The lowest BCUT2D eigenvalue weighted by Crippen LogP contribution is -2.40. The number of nitrogens with two attached hydrogens (primary N) is 2. The van der Waals surface area contributed by atoms with Crippen molar-refractivity contribution >= 4 is 23.7 Å². The van der Waals surface area contributed by atoms with Crippen LogP contribution in [-0.4, -0.2) is 78.5 Å². The SMILES string of the molecule is NC(N)=Nc1cc(C(F)(F)F)c(-c2nc(N3CCOCC3)nc(N3CCOCC3)n2)cn1. The molecule has 0 radical (unpaired) electrons. The van der Waals surface area contributed by atoms with Crippen LogP contribution in [0.25, 0.3) is 11.4 Å². The third kappa shape index (κ3) is 4.96. The van der Waals surface area contributed by atoms with Gasteiger partial charge in [0.2, 0.25) is 11.9 Å². The summed E-state index contributed by atoms with van der Waals surface area (Å²) in [4.78, 5) is 24.5. The Morgan fingerprint density at radius 3 is 1.91 bits per heavy atom. The molecule has 2 aromatic heterocycles. The number of alkyl halides is 3. The van der Waals surface area contributed by atoms with E-state index in [1.165, 1.54) is 0 Å². The minimum Gasteiger partial charge on any atom is -0.378 e. The number of morpholine rings is 2. The van der Waals surface area contributed by atoms with Gasteiger partial charge in [0.25, 0.3) is 0 Å². The number of anilines is 2. The van der Waals surface area contributed by atoms with Crippen molar-refractivity contribution in [3.05, 3.63) is 17.8 Å². The lowest BCUT2D eigenvalue weighted by atomic mass is 10.1. The number of guanidine groups is 1. The van der Waals surface area contributed by atoms with E-state index < -0.39 is 17.7 Å². The Bertz CT molecular complexity index is 950. The molecule has 0 bridgehead atoms. The maximum Gasteiger partial charge on any atom is 0.417 e. The third-order valence-electron chi connectivity index (χ3n) is 4.88. The summed E-state index contributed by atoms with van der Waals surface area (Å²) < 4.78 is 52.4. The number of aliphatic imine (C=N–C) groups is 1. The first-order valence-electron chi connectivity index (χ1n) is 9.90. The molecule has 0 unspecified atom stereocenters. The number of pyridine rings is 1. The Balaban J connectivity index is 1.83. The molecular formula is C18H22F3N9O2. The molecule has 4 rings (SSSR count). The summed E-state index contributed by atoms with van der Waals surface area (Å²) in [7, 11) is 0. The molecule has 32 heavy (non-hydrogen) atoms. The highest BCUT2D eigenvalue weighted by atomic mass is 19.4. The highest BCUT2D eigenvalue weighted by molar-refractivity contribution is 5.78. The van der Waals surface area contributed by atoms with Crippen LogP contribution in [0.5, 0.6) is 0 Å². The van der Waals surface area contributed by atoms with Crippen molar-refractivity contribution in [1.29, 1.82) is 0 Å². The number of rotatable bonds is 4. The molecule has 0 atom stereocenters. The molecule has 0 aliphatic carbocycles. The zero-order valence-corrected chi connectivity index (χ0v) is 17.0. The highest BCUT2D eigenvalue weighted by Crippen LogP contribution is 2.38. The van der Waals surface area contributed by atoms with Crippen LogP contribution < -0.4 is 21.3 Å². The summed E-state index contributed by atoms with van der Waals surface area (Å²) in [5.74, 6) is -0.249. The van der Waals surface area contributed by atoms with E-state index in [0.29, 0.717) is 52.6 Å². The second kappa shape index (κ2) is 9.08. The molecule has 0 amide bonds. The van der Waals surface area contributed by atoms with Crippen LogP contribution in [0.1, 0.15) is 5.56 Å². The van der Waals surface area contributed by atoms with Crippen LogP contribution in [0.4, 0.5) is 30.9 Å². The molecule has 2 fully saturated rings. The molecule has 4 heterocycles. The number of aromatic nitrogens is 4. The maximum atomic E-state index is 13.9. The molecule has 4 N–H and O–H groups in total. The molecule has 2 saturated heterocycles. The first kappa shape index (κ1) is 22.0. The van der Waals surface area contributed by atoms with Gasteiger partial charge in [-0.05, 0) is 6.07 Å². The second-order valence-corrected chi connectivity index (χ2v) is 7.08. The maximum absolute atomic E-state index is 13.9. The van der Waals surface area contributed by atoms with Crippen LogP contribution >= 0.6 is 0 Å². The largest absolute Gasteiger partial charge is 0.417 e. The van der Waals surface area contributed by atoms with E-state index >= 15 is 0 Å². The predicted molar refractivity (Wildman–Crippen MR) is 110 cm³/mol. The molecule has 0 saturated carbocycles. The van der Waals surface area contributed by atoms with Crippen LogP contribution in [0.3, 0.4) is 0 Å². The van der Waals surface area contributed by atoms with Gasteiger partial charge in [-0.25, -0.2) is 4.98 Å². The quantitative estimate of drug-likeness (QED) is 0.497. The first-order valence-corrected chi connectivity index (χ1v) is 9.90. The van der Waals surface area contributed by atoms with Crippen molar-refractivity contribution in [2.75, 3.05) is 62.4 Å². The fourth-order valence-electron chi connectivity index (χ4n) is 3.33. The number of hydrogen-bond acceptors (Lipinski definition) is 9. The van der Waals surface area contributed by atoms with Crippen molar-refractivity contribution in [3.63, 3.8) is 0 Å². The van der Waals surface area contributed by atoms with E-state index in [2.05, 4.69) is 24.9 Å². The molecule has 2 aliphatic rings. The minimum atomic E-state index is -4.71. The predicted octanol–water partition coefficient (Wildman–Crippen LogP) is 0.530. The first-order chi connectivity index (χ1) is 15.3. The van der Waals surface area contributed by atoms with Gasteiger partial charge < -0.3 is 30.7 Å². The number of nitrogens with zero attached hydrogens (tertiary/aromatic N) is 7. The Morgan fingerprint density at radius 2 is 1.44 bits per heavy atom. The molecule has 14 heteroatoms. The molecular weight excluding hydrogens is 431 g/mol. The second-order valence-electron chi connectivity index (χ2n) is 7.08. The van der Waals surface area contributed by atoms with Gasteiger partial charge in [0.05, 0.1) is 37.6 Å². The summed E-state index contributed by atoms with van der Waals surface area (Å²) >= 11 is 0. The van der Waals surface area contributed by atoms with Crippen LogP contribution in [0.15, 0.2) is 17.3 Å².